The summed E-state index contributed by atoms with van der Waals surface area (Å²) in [6.07, 6.45) is 0. The molecule has 2 heteroatoms. The van der Waals surface area contributed by atoms with Crippen molar-refractivity contribution in [2.75, 3.05) is 0 Å². The van der Waals surface area contributed by atoms with Crippen LogP contribution in [-0.4, -0.2) is 0 Å². The molecule has 0 nitrogen and oxygen atoms in total. The first kappa shape index (κ1) is 17.9. The highest BCUT2D eigenvalue weighted by Crippen LogP contribution is 2.62. The SMILES string of the molecule is Brc1ccc2c(c1)C1(c3cc(Br)ccc3-2)c2ccccc2-c2cccc3cccc1c23. The predicted molar refractivity (Wildman–Crippen MR) is 136 cm³/mol. The Balaban J connectivity index is 1.80. The molecule has 0 bridgehead atoms. The van der Waals surface area contributed by atoms with Gasteiger partial charge in [0.05, 0.1) is 5.41 Å². The van der Waals surface area contributed by atoms with E-state index < -0.39 is 0 Å². The molecule has 2 aliphatic rings. The van der Waals surface area contributed by atoms with Crippen LogP contribution in [0.15, 0.2) is 106 Å². The molecule has 31 heavy (non-hydrogen) atoms. The molecule has 1 spiro atoms. The van der Waals surface area contributed by atoms with Crippen molar-refractivity contribution in [3.63, 3.8) is 0 Å². The summed E-state index contributed by atoms with van der Waals surface area (Å²) >= 11 is 7.55. The fourth-order valence-corrected chi connectivity index (χ4v) is 6.64. The average molecular weight is 524 g/mol. The van der Waals surface area contributed by atoms with Crippen LogP contribution >= 0.6 is 31.9 Å². The molecule has 0 unspecified atom stereocenters. The Morgan fingerprint density at radius 3 is 1.71 bits per heavy atom. The van der Waals surface area contributed by atoms with Crippen LogP contribution in [0.2, 0.25) is 0 Å². The first-order chi connectivity index (χ1) is 15.2. The number of hydrogen-bond acceptors (Lipinski definition) is 0. The highest BCUT2D eigenvalue weighted by atomic mass is 79.9. The van der Waals surface area contributed by atoms with Gasteiger partial charge < -0.3 is 0 Å². The number of rotatable bonds is 0. The first-order valence-electron chi connectivity index (χ1n) is 10.4. The summed E-state index contributed by atoms with van der Waals surface area (Å²) in [6, 6.07) is 35.9. The van der Waals surface area contributed by atoms with Crippen molar-refractivity contribution in [3.8, 4) is 22.3 Å². The Hall–Kier alpha value is -2.68. The molecular formula is C29H16Br2. The number of halogens is 2. The zero-order chi connectivity index (χ0) is 20.7. The fourth-order valence-electron chi connectivity index (χ4n) is 5.92. The van der Waals surface area contributed by atoms with Crippen molar-refractivity contribution >= 4 is 42.6 Å². The normalized spacial score (nSPS) is 14.4. The second kappa shape index (κ2) is 6.18. The van der Waals surface area contributed by atoms with Crippen molar-refractivity contribution in [2.24, 2.45) is 0 Å². The lowest BCUT2D eigenvalue weighted by atomic mass is 9.61. The highest BCUT2D eigenvalue weighted by molar-refractivity contribution is 9.10. The van der Waals surface area contributed by atoms with Crippen LogP contribution in [0.4, 0.5) is 0 Å². The molecule has 0 saturated heterocycles. The maximum Gasteiger partial charge on any atom is 0.0726 e. The lowest BCUT2D eigenvalue weighted by Gasteiger charge is -2.40. The maximum absolute atomic E-state index is 3.77. The number of fused-ring (bicyclic) bond motifs is 9. The quantitative estimate of drug-likeness (QED) is 0.186. The molecule has 146 valence electrons. The zero-order valence-electron chi connectivity index (χ0n) is 16.5. The van der Waals surface area contributed by atoms with E-state index in [1.54, 1.807) is 0 Å². The van der Waals surface area contributed by atoms with Crippen molar-refractivity contribution in [3.05, 3.63) is 128 Å². The van der Waals surface area contributed by atoms with Crippen LogP contribution in [0.5, 0.6) is 0 Å². The van der Waals surface area contributed by atoms with E-state index in [9.17, 15) is 0 Å². The van der Waals surface area contributed by atoms with Gasteiger partial charge in [-0.1, -0.05) is 105 Å². The Bertz CT molecular complexity index is 1500. The van der Waals surface area contributed by atoms with Gasteiger partial charge in [0.25, 0.3) is 0 Å². The highest BCUT2D eigenvalue weighted by Gasteiger charge is 2.50. The fraction of sp³-hybridized carbons (Fsp3) is 0.0345. The molecule has 0 heterocycles. The van der Waals surface area contributed by atoms with Crippen LogP contribution < -0.4 is 0 Å². The van der Waals surface area contributed by atoms with Gasteiger partial charge in [-0.25, -0.2) is 0 Å². The van der Waals surface area contributed by atoms with Crippen LogP contribution in [0.25, 0.3) is 33.0 Å². The minimum absolute atomic E-state index is 0.345. The van der Waals surface area contributed by atoms with Crippen LogP contribution in [0.1, 0.15) is 22.3 Å². The van der Waals surface area contributed by atoms with Gasteiger partial charge in [-0.3, -0.25) is 0 Å². The largest absolute Gasteiger partial charge is 0.0726 e. The monoisotopic (exact) mass is 522 g/mol. The molecule has 0 N–H and O–H groups in total. The third-order valence-electron chi connectivity index (χ3n) is 6.99. The Labute approximate surface area is 197 Å². The van der Waals surface area contributed by atoms with E-state index in [2.05, 4.69) is 129 Å². The minimum atomic E-state index is -0.345. The molecule has 0 aromatic heterocycles. The minimum Gasteiger partial charge on any atom is -0.0619 e. The molecule has 0 radical (unpaired) electrons. The summed E-state index contributed by atoms with van der Waals surface area (Å²) in [6.45, 7) is 0. The number of hydrogen-bond donors (Lipinski definition) is 0. The molecule has 0 aliphatic heterocycles. The molecule has 5 aromatic carbocycles. The first-order valence-corrected chi connectivity index (χ1v) is 12.0. The van der Waals surface area contributed by atoms with Crippen LogP contribution in [-0.2, 0) is 5.41 Å². The molecule has 0 fully saturated rings. The van der Waals surface area contributed by atoms with Gasteiger partial charge >= 0.3 is 0 Å². The second-order valence-electron chi connectivity index (χ2n) is 8.38. The summed E-state index contributed by atoms with van der Waals surface area (Å²) in [4.78, 5) is 0. The Morgan fingerprint density at radius 2 is 1.00 bits per heavy atom. The van der Waals surface area contributed by atoms with Gasteiger partial charge in [0.15, 0.2) is 0 Å². The molecular weight excluding hydrogens is 508 g/mol. The summed E-state index contributed by atoms with van der Waals surface area (Å²) < 4.78 is 2.22. The van der Waals surface area contributed by atoms with Gasteiger partial charge in [0, 0.05) is 8.95 Å². The molecule has 0 atom stereocenters. The topological polar surface area (TPSA) is 0 Å². The van der Waals surface area contributed by atoms with E-state index in [1.165, 1.54) is 55.3 Å². The van der Waals surface area contributed by atoms with Crippen LogP contribution in [0.3, 0.4) is 0 Å². The lowest BCUT2D eigenvalue weighted by Crippen LogP contribution is -2.31. The standard InChI is InChI=1S/C29H16Br2/c30-18-11-13-21-22-14-12-19(31)16-27(22)29(26(21)15-18)24-9-2-1-7-20(24)23-8-3-5-17-6-4-10-25(29)28(17)23/h1-16H. The van der Waals surface area contributed by atoms with Gasteiger partial charge in [0.2, 0.25) is 0 Å². The second-order valence-corrected chi connectivity index (χ2v) is 10.2. The molecule has 7 rings (SSSR count). The summed E-state index contributed by atoms with van der Waals surface area (Å²) in [7, 11) is 0. The molecule has 0 saturated carbocycles. The van der Waals surface area contributed by atoms with Gasteiger partial charge in [-0.05, 0) is 79.5 Å². The Morgan fingerprint density at radius 1 is 0.452 bits per heavy atom. The third kappa shape index (κ3) is 2.15. The summed E-state index contributed by atoms with van der Waals surface area (Å²) in [5, 5.41) is 2.66. The van der Waals surface area contributed by atoms with Crippen molar-refractivity contribution in [2.45, 2.75) is 5.41 Å². The van der Waals surface area contributed by atoms with E-state index in [0.29, 0.717) is 0 Å². The van der Waals surface area contributed by atoms with Gasteiger partial charge in [-0.2, -0.15) is 0 Å². The van der Waals surface area contributed by atoms with Crippen molar-refractivity contribution in [1.82, 2.24) is 0 Å². The van der Waals surface area contributed by atoms with E-state index >= 15 is 0 Å². The third-order valence-corrected chi connectivity index (χ3v) is 7.98. The lowest BCUT2D eigenvalue weighted by molar-refractivity contribution is 0.772. The van der Waals surface area contributed by atoms with E-state index in [1.807, 2.05) is 0 Å². The predicted octanol–water partition coefficient (Wildman–Crippen LogP) is 8.71. The summed E-state index contributed by atoms with van der Waals surface area (Å²) in [5.74, 6) is 0. The number of benzene rings is 5. The molecule has 0 amide bonds. The van der Waals surface area contributed by atoms with E-state index in [0.717, 1.165) is 8.95 Å². The summed E-state index contributed by atoms with van der Waals surface area (Å²) in [5.41, 5.74) is 10.4. The zero-order valence-corrected chi connectivity index (χ0v) is 19.7. The molecule has 5 aromatic rings. The van der Waals surface area contributed by atoms with Crippen molar-refractivity contribution < 1.29 is 0 Å². The van der Waals surface area contributed by atoms with Gasteiger partial charge in [0.1, 0.15) is 0 Å². The average Bonchev–Trinajstić information content (AvgIpc) is 3.07. The van der Waals surface area contributed by atoms with E-state index in [-0.39, 0.29) is 5.41 Å². The van der Waals surface area contributed by atoms with E-state index in [4.69, 9.17) is 0 Å². The van der Waals surface area contributed by atoms with Crippen molar-refractivity contribution in [1.29, 1.82) is 0 Å². The maximum atomic E-state index is 3.77. The Kier molecular flexibility index (Phi) is 3.58. The van der Waals surface area contributed by atoms with Crippen LogP contribution in [0, 0.1) is 0 Å². The molecule has 2 aliphatic carbocycles. The smallest absolute Gasteiger partial charge is 0.0619 e. The van der Waals surface area contributed by atoms with Gasteiger partial charge in [-0.15, -0.1) is 0 Å².